The van der Waals surface area contributed by atoms with Crippen molar-refractivity contribution in [3.05, 3.63) is 54.0 Å². The largest absolute Gasteiger partial charge is 0.467 e. The number of benzene rings is 1. The van der Waals surface area contributed by atoms with E-state index in [1.807, 2.05) is 0 Å². The molecule has 0 unspecified atom stereocenters. The van der Waals surface area contributed by atoms with Gasteiger partial charge in [0.25, 0.3) is 0 Å². The van der Waals surface area contributed by atoms with E-state index in [-0.39, 0.29) is 57.5 Å². The average molecular weight is 485 g/mol. The van der Waals surface area contributed by atoms with Gasteiger partial charge in [-0.25, -0.2) is 8.42 Å². The summed E-state index contributed by atoms with van der Waals surface area (Å²) >= 11 is 0. The number of rotatable bonds is 5. The van der Waals surface area contributed by atoms with E-state index in [9.17, 15) is 31.2 Å². The Morgan fingerprint density at radius 3 is 2.45 bits per heavy atom. The Hall–Kier alpha value is -2.86. The lowest BCUT2D eigenvalue weighted by molar-refractivity contribution is -0.138. The molecular weight excluding hydrogens is 463 g/mol. The minimum Gasteiger partial charge on any atom is -0.467 e. The van der Waals surface area contributed by atoms with Crippen LogP contribution in [0.2, 0.25) is 0 Å². The van der Waals surface area contributed by atoms with E-state index >= 15 is 0 Å². The molecule has 0 N–H and O–H groups in total. The fourth-order valence-electron chi connectivity index (χ4n) is 4.07. The molecule has 1 aromatic heterocycles. The van der Waals surface area contributed by atoms with Gasteiger partial charge in [-0.2, -0.15) is 17.5 Å². The van der Waals surface area contributed by atoms with Gasteiger partial charge in [0.2, 0.25) is 21.8 Å². The third-order valence-corrected chi connectivity index (χ3v) is 7.73. The van der Waals surface area contributed by atoms with Crippen LogP contribution in [0.3, 0.4) is 0 Å². The number of likely N-dealkylation sites (tertiary alicyclic amines) is 1. The molecule has 2 saturated heterocycles. The van der Waals surface area contributed by atoms with E-state index in [0.717, 1.165) is 22.5 Å². The van der Waals surface area contributed by atoms with Gasteiger partial charge in [0.15, 0.2) is 0 Å². The Labute approximate surface area is 188 Å². The van der Waals surface area contributed by atoms with Crippen LogP contribution < -0.4 is 0 Å². The lowest BCUT2D eigenvalue weighted by atomic mass is 10.1. The molecule has 178 valence electrons. The maximum Gasteiger partial charge on any atom is 0.416 e. The van der Waals surface area contributed by atoms with E-state index < -0.39 is 32.6 Å². The highest BCUT2D eigenvalue weighted by atomic mass is 32.2. The van der Waals surface area contributed by atoms with Crippen LogP contribution in [0, 0.1) is 5.92 Å². The maximum atomic E-state index is 13.0. The second-order valence-corrected chi connectivity index (χ2v) is 9.95. The normalized spacial score (nSPS) is 20.5. The van der Waals surface area contributed by atoms with E-state index in [1.165, 1.54) is 11.2 Å². The van der Waals surface area contributed by atoms with E-state index in [4.69, 9.17) is 4.42 Å². The first kappa shape index (κ1) is 23.3. The molecule has 0 spiro atoms. The van der Waals surface area contributed by atoms with Crippen molar-refractivity contribution in [1.29, 1.82) is 0 Å². The Kier molecular flexibility index (Phi) is 6.23. The van der Waals surface area contributed by atoms with E-state index in [2.05, 4.69) is 0 Å². The van der Waals surface area contributed by atoms with Gasteiger partial charge in [-0.05, 0) is 30.3 Å². The molecule has 8 nitrogen and oxygen atoms in total. The highest BCUT2D eigenvalue weighted by molar-refractivity contribution is 7.89. The van der Waals surface area contributed by atoms with Gasteiger partial charge in [0.05, 0.1) is 29.2 Å². The number of halogens is 3. The van der Waals surface area contributed by atoms with Gasteiger partial charge >= 0.3 is 6.18 Å². The van der Waals surface area contributed by atoms with E-state index in [1.54, 1.807) is 17.0 Å². The smallest absolute Gasteiger partial charge is 0.416 e. The molecule has 0 radical (unpaired) electrons. The lowest BCUT2D eigenvalue weighted by Crippen LogP contribution is -2.52. The molecule has 0 bridgehead atoms. The molecule has 2 aromatic rings. The van der Waals surface area contributed by atoms with Crippen LogP contribution in [0.25, 0.3) is 0 Å². The summed E-state index contributed by atoms with van der Waals surface area (Å²) in [6.07, 6.45) is -3.08. The monoisotopic (exact) mass is 485 g/mol. The van der Waals surface area contributed by atoms with Crippen LogP contribution in [-0.4, -0.2) is 67.1 Å². The minimum atomic E-state index is -4.65. The molecular formula is C21H22F3N3O5S. The zero-order valence-electron chi connectivity index (χ0n) is 17.5. The molecule has 0 saturated carbocycles. The molecule has 1 aromatic carbocycles. The summed E-state index contributed by atoms with van der Waals surface area (Å²) in [5.41, 5.74) is -1.04. The summed E-state index contributed by atoms with van der Waals surface area (Å²) in [5, 5.41) is 0. The van der Waals surface area contributed by atoms with Crippen molar-refractivity contribution in [2.45, 2.75) is 24.0 Å². The van der Waals surface area contributed by atoms with Gasteiger partial charge in [-0.1, -0.05) is 6.07 Å². The number of carbonyl (C=O) groups excluding carboxylic acids is 2. The minimum absolute atomic E-state index is 0.0406. The molecule has 2 fully saturated rings. The molecule has 4 rings (SSSR count). The molecule has 3 heterocycles. The van der Waals surface area contributed by atoms with Crippen LogP contribution in [0.15, 0.2) is 52.0 Å². The van der Waals surface area contributed by atoms with Crippen molar-refractivity contribution < 1.29 is 35.6 Å². The molecule has 1 atom stereocenters. The standard InChI is InChI=1S/C21H22F3N3O5S/c22-21(23,24)16-3-1-5-18(12-16)33(30,31)27-8-6-25(7-9-27)20(29)15-11-19(28)26(13-15)14-17-4-2-10-32-17/h1-5,10,12,15H,6-9,11,13-14H2/t15-/m0/s1. The second-order valence-electron chi connectivity index (χ2n) is 8.01. The van der Waals surface area contributed by atoms with Crippen molar-refractivity contribution in [3.8, 4) is 0 Å². The van der Waals surface area contributed by atoms with Gasteiger partial charge in [0.1, 0.15) is 5.76 Å². The number of hydrogen-bond acceptors (Lipinski definition) is 5. The highest BCUT2D eigenvalue weighted by Gasteiger charge is 2.39. The summed E-state index contributed by atoms with van der Waals surface area (Å²) in [5.74, 6) is -0.305. The summed E-state index contributed by atoms with van der Waals surface area (Å²) in [4.78, 5) is 27.8. The van der Waals surface area contributed by atoms with Crippen molar-refractivity contribution in [2.24, 2.45) is 5.92 Å². The molecule has 0 aliphatic carbocycles. The lowest BCUT2D eigenvalue weighted by Gasteiger charge is -2.35. The zero-order chi connectivity index (χ0) is 23.8. The fourth-order valence-corrected chi connectivity index (χ4v) is 5.54. The molecule has 2 aliphatic heterocycles. The maximum absolute atomic E-state index is 13.0. The number of sulfonamides is 1. The molecule has 2 aliphatic rings. The zero-order valence-corrected chi connectivity index (χ0v) is 18.3. The fraction of sp³-hybridized carbons (Fsp3) is 0.429. The highest BCUT2D eigenvalue weighted by Crippen LogP contribution is 2.31. The van der Waals surface area contributed by atoms with Crippen molar-refractivity contribution in [1.82, 2.24) is 14.1 Å². The quantitative estimate of drug-likeness (QED) is 0.648. The predicted molar refractivity (Wildman–Crippen MR) is 109 cm³/mol. The number of alkyl halides is 3. The Morgan fingerprint density at radius 2 is 1.82 bits per heavy atom. The Morgan fingerprint density at radius 1 is 1.09 bits per heavy atom. The van der Waals surface area contributed by atoms with Crippen LogP contribution in [0.5, 0.6) is 0 Å². The average Bonchev–Trinajstić information content (AvgIpc) is 3.43. The number of nitrogens with zero attached hydrogens (tertiary/aromatic N) is 3. The SMILES string of the molecule is O=C1C[C@H](C(=O)N2CCN(S(=O)(=O)c3cccc(C(F)(F)F)c3)CC2)CN1Cc1ccco1. The van der Waals surface area contributed by atoms with Crippen LogP contribution in [0.4, 0.5) is 13.2 Å². The number of amides is 2. The van der Waals surface area contributed by atoms with Crippen LogP contribution in [0.1, 0.15) is 17.7 Å². The molecule has 12 heteroatoms. The third-order valence-electron chi connectivity index (χ3n) is 5.84. The van der Waals surface area contributed by atoms with Crippen molar-refractivity contribution in [2.75, 3.05) is 32.7 Å². The number of furan rings is 1. The second kappa shape index (κ2) is 8.82. The van der Waals surface area contributed by atoms with Gasteiger partial charge in [-0.15, -0.1) is 0 Å². The van der Waals surface area contributed by atoms with Crippen molar-refractivity contribution in [3.63, 3.8) is 0 Å². The van der Waals surface area contributed by atoms with Gasteiger partial charge < -0.3 is 14.2 Å². The molecule has 2 amide bonds. The first-order valence-corrected chi connectivity index (χ1v) is 11.8. The number of hydrogen-bond donors (Lipinski definition) is 0. The summed E-state index contributed by atoms with van der Waals surface area (Å²) < 4.78 is 70.9. The summed E-state index contributed by atoms with van der Waals surface area (Å²) in [7, 11) is -4.14. The Balaban J connectivity index is 1.37. The van der Waals surface area contributed by atoms with Gasteiger partial charge in [-0.3, -0.25) is 9.59 Å². The summed E-state index contributed by atoms with van der Waals surface area (Å²) in [6, 6.07) is 7.07. The number of piperazine rings is 1. The third kappa shape index (κ3) is 4.91. The van der Waals surface area contributed by atoms with Crippen LogP contribution in [-0.2, 0) is 32.3 Å². The first-order valence-electron chi connectivity index (χ1n) is 10.3. The van der Waals surface area contributed by atoms with Crippen molar-refractivity contribution >= 4 is 21.8 Å². The van der Waals surface area contributed by atoms with E-state index in [0.29, 0.717) is 11.8 Å². The topological polar surface area (TPSA) is 91.1 Å². The Bertz CT molecular complexity index is 1130. The summed E-state index contributed by atoms with van der Waals surface area (Å²) in [6.45, 7) is 0.641. The molecule has 33 heavy (non-hydrogen) atoms. The number of carbonyl (C=O) groups is 2. The first-order chi connectivity index (χ1) is 15.6. The predicted octanol–water partition coefficient (Wildman–Crippen LogP) is 2.18. The van der Waals surface area contributed by atoms with Gasteiger partial charge in [0, 0.05) is 39.1 Å². The van der Waals surface area contributed by atoms with Crippen LogP contribution >= 0.6 is 0 Å².